The molecule has 0 spiro atoms. The number of rotatable bonds is 6. The van der Waals surface area contributed by atoms with Crippen molar-refractivity contribution in [2.75, 3.05) is 19.5 Å². The van der Waals surface area contributed by atoms with E-state index in [2.05, 4.69) is 10.5 Å². The van der Waals surface area contributed by atoms with Gasteiger partial charge in [0, 0.05) is 17.7 Å². The van der Waals surface area contributed by atoms with E-state index in [1.165, 1.54) is 20.3 Å². The van der Waals surface area contributed by atoms with E-state index in [0.29, 0.717) is 34.7 Å². The Hall–Kier alpha value is -3.95. The Balaban J connectivity index is 1.67. The minimum absolute atomic E-state index is 0.0879. The summed E-state index contributed by atoms with van der Waals surface area (Å²) in [6.07, 6.45) is 0.645. The molecular formula is C21H18FN3O6. The molecule has 0 unspecified atom stereocenters. The molecule has 1 aliphatic rings. The molecule has 0 saturated heterocycles. The molecule has 1 N–H and O–H groups in total. The molecule has 1 aliphatic heterocycles. The number of aromatic nitrogens is 2. The fourth-order valence-electron chi connectivity index (χ4n) is 3.44. The standard InChI is InChI=1S/C21H18FN3O6/c1-29-17-5-3-12(8-18(17)30-2)20-24-31-21(28)25(20)10-16(26)13-7-11-4-6-19(27)23-15(11)9-14(13)22/h3,5,7-9H,4,6,10H2,1-2H3,(H,23,27). The van der Waals surface area contributed by atoms with Crippen LogP contribution < -0.4 is 20.5 Å². The lowest BCUT2D eigenvalue weighted by Gasteiger charge is -2.18. The van der Waals surface area contributed by atoms with E-state index in [1.54, 1.807) is 18.2 Å². The molecule has 160 valence electrons. The van der Waals surface area contributed by atoms with Crippen molar-refractivity contribution in [2.24, 2.45) is 0 Å². The van der Waals surface area contributed by atoms with Crippen LogP contribution in [0.2, 0.25) is 0 Å². The molecule has 0 atom stereocenters. The number of carbonyl (C=O) groups excluding carboxylic acids is 2. The molecule has 10 heteroatoms. The van der Waals surface area contributed by atoms with Gasteiger partial charge in [0.1, 0.15) is 5.82 Å². The molecule has 1 amide bonds. The van der Waals surface area contributed by atoms with Crippen LogP contribution in [0.15, 0.2) is 39.6 Å². The lowest BCUT2D eigenvalue weighted by Crippen LogP contribution is -2.23. The number of fused-ring (bicyclic) bond motifs is 1. The zero-order valence-corrected chi connectivity index (χ0v) is 16.7. The SMILES string of the molecule is COc1ccc(-c2noc(=O)n2CC(=O)c2cc3c(cc2F)NC(=O)CC3)cc1OC. The van der Waals surface area contributed by atoms with Gasteiger partial charge in [-0.1, -0.05) is 5.16 Å². The van der Waals surface area contributed by atoms with E-state index < -0.39 is 23.9 Å². The monoisotopic (exact) mass is 427 g/mol. The summed E-state index contributed by atoms with van der Waals surface area (Å²) in [6.45, 7) is -0.478. The number of amides is 1. The van der Waals surface area contributed by atoms with Gasteiger partial charge in [0.05, 0.1) is 26.3 Å². The molecule has 31 heavy (non-hydrogen) atoms. The third kappa shape index (κ3) is 3.79. The van der Waals surface area contributed by atoms with Crippen molar-refractivity contribution in [3.8, 4) is 22.9 Å². The van der Waals surface area contributed by atoms with Gasteiger partial charge in [-0.05, 0) is 42.3 Å². The van der Waals surface area contributed by atoms with Crippen molar-refractivity contribution in [1.29, 1.82) is 0 Å². The van der Waals surface area contributed by atoms with Gasteiger partial charge in [-0.25, -0.2) is 13.8 Å². The molecule has 4 rings (SSSR count). The first-order chi connectivity index (χ1) is 14.9. The molecular weight excluding hydrogens is 409 g/mol. The minimum Gasteiger partial charge on any atom is -0.493 e. The number of hydrogen-bond donors (Lipinski definition) is 1. The highest BCUT2D eigenvalue weighted by Gasteiger charge is 2.23. The van der Waals surface area contributed by atoms with Gasteiger partial charge in [0.15, 0.2) is 23.1 Å². The van der Waals surface area contributed by atoms with Crippen LogP contribution in [0.1, 0.15) is 22.3 Å². The first kappa shape index (κ1) is 20.3. The Labute approximate surface area is 175 Å². The predicted molar refractivity (Wildman–Crippen MR) is 107 cm³/mol. The van der Waals surface area contributed by atoms with Crippen molar-refractivity contribution >= 4 is 17.4 Å². The second kappa shape index (κ2) is 8.05. The van der Waals surface area contributed by atoms with Gasteiger partial charge in [0.2, 0.25) is 5.91 Å². The van der Waals surface area contributed by atoms with Crippen molar-refractivity contribution in [2.45, 2.75) is 19.4 Å². The molecule has 0 fully saturated rings. The van der Waals surface area contributed by atoms with E-state index >= 15 is 0 Å². The smallest absolute Gasteiger partial charge is 0.442 e. The van der Waals surface area contributed by atoms with Gasteiger partial charge in [-0.3, -0.25) is 14.1 Å². The van der Waals surface area contributed by atoms with E-state index in [0.717, 1.165) is 10.6 Å². The maximum absolute atomic E-state index is 14.6. The highest BCUT2D eigenvalue weighted by atomic mass is 19.1. The molecule has 0 bridgehead atoms. The Morgan fingerprint density at radius 2 is 1.94 bits per heavy atom. The van der Waals surface area contributed by atoms with Crippen molar-refractivity contribution in [1.82, 2.24) is 9.72 Å². The third-order valence-electron chi connectivity index (χ3n) is 5.02. The quantitative estimate of drug-likeness (QED) is 0.601. The van der Waals surface area contributed by atoms with E-state index in [-0.39, 0.29) is 23.7 Å². The maximum Gasteiger partial charge on any atom is 0.442 e. The number of Topliss-reactive ketones (excluding diaryl/α,β-unsaturated/α-hetero) is 1. The van der Waals surface area contributed by atoms with Gasteiger partial charge in [-0.2, -0.15) is 0 Å². The Morgan fingerprint density at radius 1 is 1.16 bits per heavy atom. The minimum atomic E-state index is -0.858. The number of nitrogens with zero attached hydrogens (tertiary/aromatic N) is 2. The van der Waals surface area contributed by atoms with Gasteiger partial charge >= 0.3 is 5.76 Å². The molecule has 0 aliphatic carbocycles. The third-order valence-corrected chi connectivity index (χ3v) is 5.02. The molecule has 0 radical (unpaired) electrons. The average molecular weight is 427 g/mol. The van der Waals surface area contributed by atoms with E-state index in [1.807, 2.05) is 0 Å². The second-order valence-electron chi connectivity index (χ2n) is 6.89. The number of anilines is 1. The van der Waals surface area contributed by atoms with Crippen LogP contribution >= 0.6 is 0 Å². The molecule has 9 nitrogen and oxygen atoms in total. The molecule has 1 aromatic heterocycles. The van der Waals surface area contributed by atoms with Crippen LogP contribution in [0, 0.1) is 5.82 Å². The number of benzene rings is 2. The van der Waals surface area contributed by atoms with Crippen LogP contribution in [0.25, 0.3) is 11.4 Å². The molecule has 3 aromatic rings. The summed E-state index contributed by atoms with van der Waals surface area (Å²) < 4.78 is 30.8. The second-order valence-corrected chi connectivity index (χ2v) is 6.89. The summed E-state index contributed by atoms with van der Waals surface area (Å²) in [4.78, 5) is 36.5. The van der Waals surface area contributed by atoms with E-state index in [9.17, 15) is 18.8 Å². The van der Waals surface area contributed by atoms with E-state index in [4.69, 9.17) is 14.0 Å². The van der Waals surface area contributed by atoms with Crippen LogP contribution in [0.5, 0.6) is 11.5 Å². The number of hydrogen-bond acceptors (Lipinski definition) is 7. The summed E-state index contributed by atoms with van der Waals surface area (Å²) >= 11 is 0. The Bertz CT molecular complexity index is 1250. The lowest BCUT2D eigenvalue weighted by molar-refractivity contribution is -0.116. The number of aryl methyl sites for hydroxylation is 1. The van der Waals surface area contributed by atoms with Gasteiger partial charge in [-0.15, -0.1) is 0 Å². The number of ether oxygens (including phenoxy) is 2. The zero-order chi connectivity index (χ0) is 22.1. The molecule has 2 heterocycles. The lowest BCUT2D eigenvalue weighted by atomic mass is 9.98. The first-order valence-corrected chi connectivity index (χ1v) is 9.35. The summed E-state index contributed by atoms with van der Waals surface area (Å²) in [5, 5.41) is 6.33. The Morgan fingerprint density at radius 3 is 2.68 bits per heavy atom. The number of methoxy groups -OCH3 is 2. The predicted octanol–water partition coefficient (Wildman–Crippen LogP) is 2.43. The molecule has 0 saturated carbocycles. The topological polar surface area (TPSA) is 113 Å². The highest BCUT2D eigenvalue weighted by molar-refractivity contribution is 5.99. The fraction of sp³-hybridized carbons (Fsp3) is 0.238. The summed E-state index contributed by atoms with van der Waals surface area (Å²) in [5.41, 5.74) is 1.27. The summed E-state index contributed by atoms with van der Waals surface area (Å²) in [5.74, 6) is -1.53. The molecule has 2 aromatic carbocycles. The van der Waals surface area contributed by atoms with Crippen molar-refractivity contribution in [3.63, 3.8) is 0 Å². The largest absolute Gasteiger partial charge is 0.493 e. The number of ketones is 1. The summed E-state index contributed by atoms with van der Waals surface area (Å²) in [6, 6.07) is 7.35. The summed E-state index contributed by atoms with van der Waals surface area (Å²) in [7, 11) is 2.95. The number of halogens is 1. The van der Waals surface area contributed by atoms with Crippen molar-refractivity contribution < 1.29 is 28.0 Å². The van der Waals surface area contributed by atoms with Crippen LogP contribution in [-0.4, -0.2) is 35.6 Å². The fourth-order valence-corrected chi connectivity index (χ4v) is 3.44. The van der Waals surface area contributed by atoms with Gasteiger partial charge < -0.3 is 14.8 Å². The van der Waals surface area contributed by atoms with Gasteiger partial charge in [0.25, 0.3) is 0 Å². The number of nitrogens with one attached hydrogen (secondary N) is 1. The zero-order valence-electron chi connectivity index (χ0n) is 16.7. The van der Waals surface area contributed by atoms with Crippen LogP contribution in [-0.2, 0) is 17.8 Å². The Kier molecular flexibility index (Phi) is 5.28. The normalized spacial score (nSPS) is 12.8. The van der Waals surface area contributed by atoms with Crippen LogP contribution in [0.3, 0.4) is 0 Å². The van der Waals surface area contributed by atoms with Crippen LogP contribution in [0.4, 0.5) is 10.1 Å². The first-order valence-electron chi connectivity index (χ1n) is 9.35. The average Bonchev–Trinajstić information content (AvgIpc) is 3.12. The highest BCUT2D eigenvalue weighted by Crippen LogP contribution is 2.31. The van der Waals surface area contributed by atoms with Crippen molar-refractivity contribution in [3.05, 3.63) is 57.8 Å². The maximum atomic E-state index is 14.6. The number of carbonyl (C=O) groups is 2.